The molecule has 99 valence electrons. The first-order valence-corrected chi connectivity index (χ1v) is 8.00. The van der Waals surface area contributed by atoms with Gasteiger partial charge in [0.25, 0.3) is 10.1 Å². The van der Waals surface area contributed by atoms with Crippen molar-refractivity contribution in [2.45, 2.75) is 4.90 Å². The van der Waals surface area contributed by atoms with Crippen molar-refractivity contribution in [3.05, 3.63) is 36.3 Å². The first kappa shape index (κ1) is 14.7. The van der Waals surface area contributed by atoms with Crippen molar-refractivity contribution in [3.8, 4) is 0 Å². The number of benzene rings is 1. The average Bonchev–Trinajstić information content (AvgIpc) is 2.28. The van der Waals surface area contributed by atoms with Crippen LogP contribution in [-0.4, -0.2) is 33.7 Å². The Morgan fingerprint density at radius 3 is 2.50 bits per heavy atom. The van der Waals surface area contributed by atoms with E-state index in [1.807, 2.05) is 0 Å². The van der Waals surface area contributed by atoms with Gasteiger partial charge in [-0.1, -0.05) is 12.6 Å². The molecule has 0 atom stereocenters. The lowest BCUT2D eigenvalue weighted by Crippen LogP contribution is -2.13. The van der Waals surface area contributed by atoms with Gasteiger partial charge in [-0.2, -0.15) is 8.42 Å². The lowest BCUT2D eigenvalue weighted by molar-refractivity contribution is 0.483. The number of sulfone groups is 1. The van der Waals surface area contributed by atoms with Crippen LogP contribution in [0, 0.1) is 0 Å². The van der Waals surface area contributed by atoms with E-state index in [1.165, 1.54) is 18.2 Å². The predicted octanol–water partition coefficient (Wildman–Crippen LogP) is 0.728. The number of nitrogens with zero attached hydrogens (tertiary/aromatic N) is 1. The summed E-state index contributed by atoms with van der Waals surface area (Å²) in [7, 11) is -7.60. The predicted molar refractivity (Wildman–Crippen MR) is 66.9 cm³/mol. The zero-order chi connectivity index (χ0) is 13.8. The van der Waals surface area contributed by atoms with Gasteiger partial charge >= 0.3 is 0 Å². The van der Waals surface area contributed by atoms with Crippen molar-refractivity contribution in [2.24, 2.45) is 0 Å². The fraction of sp³-hybridized carbons (Fsp3) is 0.200. The Labute approximate surface area is 106 Å². The second-order valence-electron chi connectivity index (χ2n) is 3.39. The zero-order valence-electron chi connectivity index (χ0n) is 9.35. The molecule has 0 aromatic heterocycles. The third-order valence-corrected chi connectivity index (χ3v) is 4.15. The van der Waals surface area contributed by atoms with Crippen LogP contribution < -0.4 is 5.32 Å². The van der Waals surface area contributed by atoms with Crippen molar-refractivity contribution in [1.82, 2.24) is 5.32 Å². The second-order valence-corrected chi connectivity index (χ2v) is 6.88. The molecular weight excluding hydrogens is 278 g/mol. The van der Waals surface area contributed by atoms with E-state index in [0.717, 1.165) is 11.5 Å². The van der Waals surface area contributed by atoms with Crippen molar-refractivity contribution in [2.75, 3.05) is 12.3 Å². The van der Waals surface area contributed by atoms with E-state index in [4.69, 9.17) is 4.55 Å². The van der Waals surface area contributed by atoms with Crippen molar-refractivity contribution >= 4 is 25.6 Å². The van der Waals surface area contributed by atoms with E-state index in [2.05, 4.69) is 11.9 Å². The van der Waals surface area contributed by atoms with Gasteiger partial charge in [-0.15, -0.1) is 0 Å². The van der Waals surface area contributed by atoms with Crippen LogP contribution in [-0.2, 0) is 20.0 Å². The van der Waals surface area contributed by atoms with E-state index in [-0.39, 0.29) is 22.9 Å². The van der Waals surface area contributed by atoms with E-state index in [9.17, 15) is 16.8 Å². The van der Waals surface area contributed by atoms with Gasteiger partial charge in [-0.3, -0.25) is 9.87 Å². The molecule has 1 radical (unpaired) electrons. The Balaban J connectivity index is 2.73. The summed E-state index contributed by atoms with van der Waals surface area (Å²) in [6, 6.07) is 5.30. The molecule has 1 N–H and O–H groups in total. The molecular formula is C10H12NO5S2. The third kappa shape index (κ3) is 4.47. The van der Waals surface area contributed by atoms with Crippen LogP contribution in [0.2, 0.25) is 0 Å². The minimum absolute atomic E-state index is 0.0106. The topological polar surface area (TPSA) is 103 Å². The largest absolute Gasteiger partial charge is 0.294 e. The summed E-state index contributed by atoms with van der Waals surface area (Å²) in [5.41, 5.74) is 0.282. The van der Waals surface area contributed by atoms with Gasteiger partial charge in [0.05, 0.1) is 22.9 Å². The van der Waals surface area contributed by atoms with Crippen molar-refractivity contribution in [3.63, 3.8) is 0 Å². The Hall–Kier alpha value is -1.38. The van der Waals surface area contributed by atoms with Gasteiger partial charge in [0.1, 0.15) is 0 Å². The molecule has 0 heterocycles. The van der Waals surface area contributed by atoms with Crippen LogP contribution in [0.5, 0.6) is 0 Å². The number of hydrogen-bond donors (Lipinski definition) is 1. The van der Waals surface area contributed by atoms with Crippen molar-refractivity contribution in [1.29, 1.82) is 0 Å². The van der Waals surface area contributed by atoms with Gasteiger partial charge in [-0.25, -0.2) is 8.42 Å². The molecule has 6 nitrogen and oxygen atoms in total. The standard InChI is InChI=1S/C10H12NO5S2/c1-2-17(12,13)7-6-11-9-4-3-5-10(8-9)18(14,15)16/h2-5,8H,1,6-7H2,(H,14,15,16). The fourth-order valence-electron chi connectivity index (χ4n) is 1.13. The van der Waals surface area contributed by atoms with Crippen LogP contribution in [0.15, 0.2) is 41.1 Å². The normalized spacial score (nSPS) is 12.1. The van der Waals surface area contributed by atoms with E-state index in [0.29, 0.717) is 0 Å². The quantitative estimate of drug-likeness (QED) is 0.778. The summed E-state index contributed by atoms with van der Waals surface area (Å²) >= 11 is 0. The molecule has 0 fully saturated rings. The first-order chi connectivity index (χ1) is 8.24. The molecule has 0 aliphatic carbocycles. The highest BCUT2D eigenvalue weighted by Crippen LogP contribution is 2.15. The molecule has 1 aromatic carbocycles. The molecule has 8 heteroatoms. The maximum Gasteiger partial charge on any atom is 0.294 e. The van der Waals surface area contributed by atoms with Crippen LogP contribution in [0.1, 0.15) is 0 Å². The highest BCUT2D eigenvalue weighted by Gasteiger charge is 2.10. The van der Waals surface area contributed by atoms with E-state index < -0.39 is 20.0 Å². The summed E-state index contributed by atoms with van der Waals surface area (Å²) in [6.07, 6.45) is 0. The Kier molecular flexibility index (Phi) is 4.49. The average molecular weight is 290 g/mol. The molecule has 1 rings (SSSR count). The second kappa shape index (κ2) is 5.51. The molecule has 0 aliphatic rings. The maximum atomic E-state index is 11.1. The molecule has 0 spiro atoms. The minimum atomic E-state index is -4.28. The molecule has 18 heavy (non-hydrogen) atoms. The van der Waals surface area contributed by atoms with Gasteiger partial charge in [0.15, 0.2) is 9.84 Å². The minimum Gasteiger partial charge on any atom is -0.284 e. The van der Waals surface area contributed by atoms with Crippen LogP contribution in [0.25, 0.3) is 0 Å². The lowest BCUT2D eigenvalue weighted by Gasteiger charge is -2.04. The summed E-state index contributed by atoms with van der Waals surface area (Å²) in [4.78, 5) is -0.282. The molecule has 0 saturated carbocycles. The van der Waals surface area contributed by atoms with Crippen molar-refractivity contribution < 1.29 is 21.4 Å². The number of rotatable bonds is 6. The molecule has 0 saturated heterocycles. The highest BCUT2D eigenvalue weighted by atomic mass is 32.2. The highest BCUT2D eigenvalue weighted by molar-refractivity contribution is 7.94. The molecule has 0 unspecified atom stereocenters. The Morgan fingerprint density at radius 1 is 1.28 bits per heavy atom. The summed E-state index contributed by atoms with van der Waals surface area (Å²) in [5, 5.41) is 4.76. The monoisotopic (exact) mass is 290 g/mol. The van der Waals surface area contributed by atoms with Gasteiger partial charge < -0.3 is 0 Å². The first-order valence-electron chi connectivity index (χ1n) is 4.85. The zero-order valence-corrected chi connectivity index (χ0v) is 11.0. The van der Waals surface area contributed by atoms with E-state index >= 15 is 0 Å². The SMILES string of the molecule is C=CS(=O)(=O)CC[N]c1cccc(S(=O)(=O)O)c1. The number of hydrogen-bond acceptors (Lipinski definition) is 4. The molecule has 0 bridgehead atoms. The van der Waals surface area contributed by atoms with Crippen LogP contribution >= 0.6 is 0 Å². The third-order valence-electron chi connectivity index (χ3n) is 2.04. The molecule has 1 aromatic rings. The fourth-order valence-corrected chi connectivity index (χ4v) is 2.16. The molecule has 0 aliphatic heterocycles. The lowest BCUT2D eigenvalue weighted by atomic mass is 10.3. The summed E-state index contributed by atoms with van der Waals surface area (Å²) in [5.74, 6) is -0.202. The maximum absolute atomic E-state index is 11.1. The summed E-state index contributed by atoms with van der Waals surface area (Å²) in [6.45, 7) is 3.15. The summed E-state index contributed by atoms with van der Waals surface area (Å²) < 4.78 is 52.8. The Bertz CT molecular complexity index is 634. The van der Waals surface area contributed by atoms with Gasteiger partial charge in [0, 0.05) is 5.41 Å². The van der Waals surface area contributed by atoms with E-state index in [1.54, 1.807) is 0 Å². The smallest absolute Gasteiger partial charge is 0.284 e. The van der Waals surface area contributed by atoms with Gasteiger partial charge in [0.2, 0.25) is 0 Å². The Morgan fingerprint density at radius 2 is 1.94 bits per heavy atom. The van der Waals surface area contributed by atoms with Crippen LogP contribution in [0.4, 0.5) is 5.69 Å². The van der Waals surface area contributed by atoms with Crippen LogP contribution in [0.3, 0.4) is 0 Å². The molecule has 0 amide bonds. The van der Waals surface area contributed by atoms with Gasteiger partial charge in [-0.05, 0) is 18.2 Å².